The highest BCUT2D eigenvalue weighted by Crippen LogP contribution is 2.11. The van der Waals surface area contributed by atoms with Crippen LogP contribution in [0.3, 0.4) is 0 Å². The van der Waals surface area contributed by atoms with Crippen molar-refractivity contribution >= 4 is 11.7 Å². The van der Waals surface area contributed by atoms with Gasteiger partial charge in [0.2, 0.25) is 0 Å². The predicted molar refractivity (Wildman–Crippen MR) is 67.7 cm³/mol. The number of benzene rings is 1. The van der Waals surface area contributed by atoms with E-state index in [0.29, 0.717) is 12.2 Å². The second-order valence-electron chi connectivity index (χ2n) is 3.98. The van der Waals surface area contributed by atoms with Crippen LogP contribution in [0, 0.1) is 0 Å². The fourth-order valence-electron chi connectivity index (χ4n) is 1.31. The summed E-state index contributed by atoms with van der Waals surface area (Å²) in [4.78, 5) is 13.2. The Hall–Kier alpha value is -1.59. The highest BCUT2D eigenvalue weighted by Gasteiger charge is 2.14. The molecule has 0 saturated heterocycles. The molecule has 4 N–H and O–H groups in total. The average molecular weight is 237 g/mol. The van der Waals surface area contributed by atoms with Crippen molar-refractivity contribution < 1.29 is 9.90 Å². The maximum Gasteiger partial charge on any atom is 0.321 e. The Balaban J connectivity index is 2.67. The zero-order valence-corrected chi connectivity index (χ0v) is 10.2. The first-order valence-electron chi connectivity index (χ1n) is 5.52. The molecule has 0 aliphatic rings. The molecule has 0 fully saturated rings. The molecule has 5 heteroatoms. The second-order valence-corrected chi connectivity index (χ2v) is 3.98. The fraction of sp³-hybridized carbons (Fsp3) is 0.417. The molecule has 1 aromatic carbocycles. The molecule has 1 atom stereocenters. The van der Waals surface area contributed by atoms with Crippen LogP contribution in [-0.2, 0) is 6.54 Å². The van der Waals surface area contributed by atoms with Gasteiger partial charge in [0.1, 0.15) is 0 Å². The monoisotopic (exact) mass is 237 g/mol. The van der Waals surface area contributed by atoms with Crippen LogP contribution in [-0.4, -0.2) is 35.7 Å². The van der Waals surface area contributed by atoms with Gasteiger partial charge in [-0.3, -0.25) is 0 Å². The topological polar surface area (TPSA) is 78.6 Å². The molecule has 0 radical (unpaired) electrons. The molecule has 1 rings (SSSR count). The molecule has 0 heterocycles. The molecule has 1 unspecified atom stereocenters. The Morgan fingerprint density at radius 1 is 1.59 bits per heavy atom. The predicted octanol–water partition coefficient (Wildman–Crippen LogP) is 0.990. The lowest BCUT2D eigenvalue weighted by Gasteiger charge is -2.23. The van der Waals surface area contributed by atoms with Crippen LogP contribution < -0.4 is 11.1 Å². The van der Waals surface area contributed by atoms with Crippen LogP contribution >= 0.6 is 0 Å². The Morgan fingerprint density at radius 3 is 2.88 bits per heavy atom. The number of aliphatic hydroxyl groups is 1. The number of nitrogens with one attached hydrogen (secondary N) is 1. The summed E-state index contributed by atoms with van der Waals surface area (Å²) in [7, 11) is 1.64. The number of amides is 2. The number of carbonyl (C=O) groups is 1. The van der Waals surface area contributed by atoms with E-state index in [4.69, 9.17) is 10.8 Å². The summed E-state index contributed by atoms with van der Waals surface area (Å²) in [5.74, 6) is 0. The molecule has 5 nitrogen and oxygen atoms in total. The fourth-order valence-corrected chi connectivity index (χ4v) is 1.31. The van der Waals surface area contributed by atoms with Gasteiger partial charge in [-0.1, -0.05) is 12.1 Å². The van der Waals surface area contributed by atoms with E-state index >= 15 is 0 Å². The van der Waals surface area contributed by atoms with Gasteiger partial charge < -0.3 is 21.1 Å². The van der Waals surface area contributed by atoms with Gasteiger partial charge in [-0.05, 0) is 24.6 Å². The number of urea groups is 1. The van der Waals surface area contributed by atoms with Crippen molar-refractivity contribution in [1.82, 2.24) is 4.90 Å². The molecule has 0 bridgehead atoms. The van der Waals surface area contributed by atoms with Gasteiger partial charge in [-0.2, -0.15) is 0 Å². The number of hydrogen-bond acceptors (Lipinski definition) is 3. The van der Waals surface area contributed by atoms with E-state index in [1.807, 2.05) is 18.2 Å². The summed E-state index contributed by atoms with van der Waals surface area (Å²) in [5.41, 5.74) is 7.19. The Morgan fingerprint density at radius 2 is 2.29 bits per heavy atom. The third-order valence-electron chi connectivity index (χ3n) is 2.66. The minimum absolute atomic E-state index is 0.0627. The van der Waals surface area contributed by atoms with Gasteiger partial charge >= 0.3 is 6.03 Å². The van der Waals surface area contributed by atoms with Crippen molar-refractivity contribution in [3.63, 3.8) is 0 Å². The van der Waals surface area contributed by atoms with Gasteiger partial charge in [-0.15, -0.1) is 0 Å². The molecule has 2 amide bonds. The summed E-state index contributed by atoms with van der Waals surface area (Å²) >= 11 is 0. The van der Waals surface area contributed by atoms with Crippen LogP contribution in [0.15, 0.2) is 24.3 Å². The zero-order valence-electron chi connectivity index (χ0n) is 10.2. The van der Waals surface area contributed by atoms with Crippen molar-refractivity contribution in [2.45, 2.75) is 19.5 Å². The van der Waals surface area contributed by atoms with E-state index in [0.717, 1.165) is 5.56 Å². The maximum absolute atomic E-state index is 11.8. The minimum Gasteiger partial charge on any atom is -0.394 e. The van der Waals surface area contributed by atoms with Crippen molar-refractivity contribution in [2.24, 2.45) is 5.73 Å². The molecule has 0 spiro atoms. The quantitative estimate of drug-likeness (QED) is 0.730. The highest BCUT2D eigenvalue weighted by atomic mass is 16.3. The number of nitrogens with two attached hydrogens (primary N) is 1. The molecule has 17 heavy (non-hydrogen) atoms. The van der Waals surface area contributed by atoms with E-state index in [1.54, 1.807) is 20.0 Å². The first-order chi connectivity index (χ1) is 8.08. The molecule has 0 saturated carbocycles. The number of anilines is 1. The van der Waals surface area contributed by atoms with Crippen molar-refractivity contribution in [2.75, 3.05) is 19.0 Å². The van der Waals surface area contributed by atoms with E-state index in [2.05, 4.69) is 5.32 Å². The smallest absolute Gasteiger partial charge is 0.321 e. The maximum atomic E-state index is 11.8. The Bertz CT molecular complexity index is 382. The van der Waals surface area contributed by atoms with Crippen LogP contribution in [0.2, 0.25) is 0 Å². The summed E-state index contributed by atoms with van der Waals surface area (Å²) in [6, 6.07) is 6.90. The second kappa shape index (κ2) is 6.22. The first kappa shape index (κ1) is 13.5. The van der Waals surface area contributed by atoms with E-state index in [9.17, 15) is 4.79 Å². The first-order valence-corrected chi connectivity index (χ1v) is 5.52. The van der Waals surface area contributed by atoms with E-state index < -0.39 is 0 Å². The van der Waals surface area contributed by atoms with Gasteiger partial charge in [0.15, 0.2) is 0 Å². The molecule has 0 aliphatic heterocycles. The van der Waals surface area contributed by atoms with E-state index in [1.165, 1.54) is 4.90 Å². The normalized spacial score (nSPS) is 12.0. The van der Waals surface area contributed by atoms with Crippen LogP contribution in [0.5, 0.6) is 0 Å². The van der Waals surface area contributed by atoms with Crippen molar-refractivity contribution in [3.05, 3.63) is 29.8 Å². The summed E-state index contributed by atoms with van der Waals surface area (Å²) in [6.07, 6.45) is 0. The van der Waals surface area contributed by atoms with Gasteiger partial charge in [0, 0.05) is 19.3 Å². The van der Waals surface area contributed by atoms with Gasteiger partial charge in [0.05, 0.1) is 12.6 Å². The van der Waals surface area contributed by atoms with Crippen molar-refractivity contribution in [3.8, 4) is 0 Å². The van der Waals surface area contributed by atoms with Crippen LogP contribution in [0.4, 0.5) is 10.5 Å². The van der Waals surface area contributed by atoms with Crippen LogP contribution in [0.25, 0.3) is 0 Å². The summed E-state index contributed by atoms with van der Waals surface area (Å²) in [5, 5.41) is 11.7. The Labute approximate surface area is 101 Å². The zero-order chi connectivity index (χ0) is 12.8. The van der Waals surface area contributed by atoms with Crippen molar-refractivity contribution in [1.29, 1.82) is 0 Å². The number of nitrogens with zero attached hydrogens (tertiary/aromatic N) is 1. The third kappa shape index (κ3) is 3.72. The molecular formula is C12H19N3O2. The summed E-state index contributed by atoms with van der Waals surface area (Å²) < 4.78 is 0. The van der Waals surface area contributed by atoms with Gasteiger partial charge in [-0.25, -0.2) is 4.79 Å². The number of hydrogen-bond donors (Lipinski definition) is 3. The number of likely N-dealkylation sites (N-methyl/N-ethyl adjacent to an activating group) is 1. The molecule has 0 aromatic heterocycles. The van der Waals surface area contributed by atoms with Gasteiger partial charge in [0.25, 0.3) is 0 Å². The SMILES string of the molecule is CC(CO)N(C)C(=O)Nc1cccc(CN)c1. The lowest BCUT2D eigenvalue weighted by atomic mass is 10.2. The minimum atomic E-state index is -0.249. The molecule has 94 valence electrons. The number of aliphatic hydroxyl groups excluding tert-OH is 1. The molecule has 0 aliphatic carbocycles. The summed E-state index contributed by atoms with van der Waals surface area (Å²) in [6.45, 7) is 2.15. The third-order valence-corrected chi connectivity index (χ3v) is 2.66. The Kier molecular flexibility index (Phi) is 4.93. The van der Waals surface area contributed by atoms with Crippen LogP contribution in [0.1, 0.15) is 12.5 Å². The largest absolute Gasteiger partial charge is 0.394 e. The lowest BCUT2D eigenvalue weighted by Crippen LogP contribution is -2.40. The molecule has 1 aromatic rings. The number of rotatable bonds is 4. The standard InChI is InChI=1S/C12H19N3O2/c1-9(8-16)15(2)12(17)14-11-5-3-4-10(6-11)7-13/h3-6,9,16H,7-8,13H2,1-2H3,(H,14,17). The lowest BCUT2D eigenvalue weighted by molar-refractivity contribution is 0.166. The van der Waals surface area contributed by atoms with E-state index in [-0.39, 0.29) is 18.7 Å². The average Bonchev–Trinajstić information content (AvgIpc) is 2.37. The number of carbonyl (C=O) groups excluding carboxylic acids is 1. The highest BCUT2D eigenvalue weighted by molar-refractivity contribution is 5.89. The molecular weight excluding hydrogens is 218 g/mol.